The number of aromatic nitrogens is 10. The zero-order valence-electron chi connectivity index (χ0n) is 51.5. The topological polar surface area (TPSA) is 56.8 Å². The van der Waals surface area contributed by atoms with Crippen LogP contribution in [0.15, 0.2) is 342 Å². The maximum absolute atomic E-state index is 4.13. The fourth-order valence-electron chi connectivity index (χ4n) is 11.8. The Morgan fingerprint density at radius 2 is 0.250 bits per heavy atom. The fourth-order valence-corrected chi connectivity index (χ4v) is 11.8. The minimum atomic E-state index is 0.813. The first-order valence-electron chi connectivity index (χ1n) is 31.5. The maximum Gasteiger partial charge on any atom is 0.173 e. The van der Waals surface area contributed by atoms with E-state index in [4.69, 9.17) is 0 Å². The molecule has 0 saturated carbocycles. The fraction of sp³-hybridized carbons (Fsp3) is 0.0976. The van der Waals surface area contributed by atoms with Crippen LogP contribution in [0.2, 0.25) is 0 Å². The normalized spacial score (nSPS) is 11.2. The molecular formula is C82H72N10+8. The predicted molar refractivity (Wildman–Crippen MR) is 355 cm³/mol. The van der Waals surface area contributed by atoms with E-state index < -0.39 is 0 Å². The summed E-state index contributed by atoms with van der Waals surface area (Å²) in [7, 11) is 0. The highest BCUT2D eigenvalue weighted by Crippen LogP contribution is 2.22. The molecule has 0 aliphatic rings. The number of pyridine rings is 10. The molecule has 10 aromatic heterocycles. The molecule has 0 amide bonds. The van der Waals surface area contributed by atoms with Crippen molar-refractivity contribution in [2.45, 2.75) is 52.4 Å². The summed E-state index contributed by atoms with van der Waals surface area (Å²) in [5, 5.41) is 0. The van der Waals surface area contributed by atoms with Gasteiger partial charge < -0.3 is 0 Å². The van der Waals surface area contributed by atoms with Crippen LogP contribution in [0.5, 0.6) is 0 Å². The Balaban J connectivity index is 0.498. The van der Waals surface area contributed by atoms with E-state index in [1.165, 1.54) is 100 Å². The first kappa shape index (κ1) is 58.1. The van der Waals surface area contributed by atoms with E-state index in [1.54, 1.807) is 0 Å². The summed E-state index contributed by atoms with van der Waals surface area (Å²) in [5.41, 5.74) is 22.1. The Morgan fingerprint density at radius 3 is 0.370 bits per heavy atom. The highest BCUT2D eigenvalue weighted by atomic mass is 15.0. The van der Waals surface area contributed by atoms with Crippen molar-refractivity contribution in [3.05, 3.63) is 387 Å². The molecule has 0 unspecified atom stereocenters. The van der Waals surface area contributed by atoms with Crippen molar-refractivity contribution in [2.24, 2.45) is 0 Å². The van der Waals surface area contributed by atoms with E-state index in [9.17, 15) is 0 Å². The van der Waals surface area contributed by atoms with Crippen LogP contribution in [0.4, 0.5) is 0 Å². The van der Waals surface area contributed by atoms with Crippen LogP contribution in [0.1, 0.15) is 44.5 Å². The average Bonchev–Trinajstić information content (AvgIpc) is 3.62. The van der Waals surface area contributed by atoms with Gasteiger partial charge in [-0.25, -0.2) is 36.5 Å². The largest absolute Gasteiger partial charge is 0.265 e. The quantitative estimate of drug-likeness (QED) is 0.0673. The Hall–Kier alpha value is -11.6. The van der Waals surface area contributed by atoms with Gasteiger partial charge in [0.1, 0.15) is 0 Å². The third-order valence-corrected chi connectivity index (χ3v) is 17.2. The molecule has 442 valence electrons. The number of benzene rings is 4. The van der Waals surface area contributed by atoms with Gasteiger partial charge in [0.05, 0.1) is 0 Å². The minimum absolute atomic E-state index is 0.813. The molecule has 0 atom stereocenters. The van der Waals surface area contributed by atoms with E-state index in [1.807, 2.05) is 49.1 Å². The Labute approximate surface area is 538 Å². The monoisotopic (exact) mass is 1200 g/mol. The second-order valence-electron chi connectivity index (χ2n) is 23.8. The molecule has 10 heterocycles. The SMILES string of the molecule is c1cc(-c2cc[n+](Cc3ccc(C[n+]4ccc(-c5cc[n+](Cc6ccc(C[n+]7ccc(-c8cc[n+](Cc9ccc(C[n+]%10ccc(-c%11cc[n+](Cc%12ccc(C[n+]%13ccc(-c%14ccncc%14)cc%13)cc%12)cc%11)cc%10)cc9)cc8)cc7)cc6)cc5)cc4)cc3)cc2)ccn1. The molecule has 0 N–H and O–H groups in total. The van der Waals surface area contributed by atoms with Gasteiger partial charge in [-0.2, -0.15) is 0 Å². The first-order chi connectivity index (χ1) is 45.4. The van der Waals surface area contributed by atoms with Crippen LogP contribution in [0.3, 0.4) is 0 Å². The predicted octanol–water partition coefficient (Wildman–Crippen LogP) is 11.5. The van der Waals surface area contributed by atoms with E-state index in [2.05, 4.69) is 340 Å². The van der Waals surface area contributed by atoms with Gasteiger partial charge in [-0.05, 0) is 79.9 Å². The Kier molecular flexibility index (Phi) is 17.6. The van der Waals surface area contributed by atoms with Crippen LogP contribution >= 0.6 is 0 Å². The summed E-state index contributed by atoms with van der Waals surface area (Å²) < 4.78 is 17.9. The molecular weight excluding hydrogens is 1120 g/mol. The van der Waals surface area contributed by atoms with Crippen molar-refractivity contribution in [1.82, 2.24) is 9.97 Å². The van der Waals surface area contributed by atoms with Gasteiger partial charge in [-0.15, -0.1) is 0 Å². The molecule has 0 radical (unpaired) electrons. The average molecular weight is 1200 g/mol. The summed E-state index contributed by atoms with van der Waals surface area (Å²) >= 11 is 0. The molecule has 0 bridgehead atoms. The van der Waals surface area contributed by atoms with Gasteiger partial charge in [-0.1, -0.05) is 97.1 Å². The van der Waals surface area contributed by atoms with Crippen molar-refractivity contribution in [1.29, 1.82) is 0 Å². The third-order valence-electron chi connectivity index (χ3n) is 17.2. The second kappa shape index (κ2) is 27.8. The van der Waals surface area contributed by atoms with Crippen molar-refractivity contribution in [3.63, 3.8) is 0 Å². The molecule has 14 rings (SSSR count). The van der Waals surface area contributed by atoms with Gasteiger partial charge in [-0.3, -0.25) is 9.97 Å². The van der Waals surface area contributed by atoms with Crippen LogP contribution in [-0.2, 0) is 52.4 Å². The van der Waals surface area contributed by atoms with Gasteiger partial charge in [0.2, 0.25) is 0 Å². The smallest absolute Gasteiger partial charge is 0.173 e. The maximum atomic E-state index is 4.13. The molecule has 4 aromatic carbocycles. The Morgan fingerprint density at radius 1 is 0.141 bits per heavy atom. The van der Waals surface area contributed by atoms with E-state index >= 15 is 0 Å². The molecule has 10 heteroatoms. The van der Waals surface area contributed by atoms with Crippen LogP contribution in [0, 0.1) is 0 Å². The summed E-state index contributed by atoms with van der Waals surface area (Å²) in [6.45, 7) is 6.56. The zero-order valence-corrected chi connectivity index (χ0v) is 51.5. The van der Waals surface area contributed by atoms with Crippen molar-refractivity contribution >= 4 is 0 Å². The summed E-state index contributed by atoms with van der Waals surface area (Å²) in [5.74, 6) is 0. The lowest BCUT2D eigenvalue weighted by Gasteiger charge is -2.04. The minimum Gasteiger partial charge on any atom is -0.265 e. The first-order valence-corrected chi connectivity index (χ1v) is 31.5. The standard InChI is InChI=1S/C82H72N10/c1-5-67(6-2-65(1)57-85-41-21-75(22-42-85)73-17-37-83-38-18-73)59-87-45-25-77(26-46-87)79-29-49-89(50-30-79)61-69-9-13-71(14-10-69)63-91-53-33-81(34-54-91)82-35-55-92(56-36-82)64-72-15-11-70(12-16-72)62-90-51-31-80(32-52-90)78-27-47-88(48-28-78)60-68-7-3-66(4-8-68)58-86-43-23-76(24-44-86)74-19-39-84-40-20-74/h1-56H,57-64H2/q+8. The highest BCUT2D eigenvalue weighted by Gasteiger charge is 2.15. The molecule has 0 aliphatic carbocycles. The van der Waals surface area contributed by atoms with Gasteiger partial charge in [0, 0.05) is 166 Å². The molecule has 0 fully saturated rings. The lowest BCUT2D eigenvalue weighted by Crippen LogP contribution is -2.34. The number of rotatable bonds is 21. The van der Waals surface area contributed by atoms with E-state index in [0.717, 1.165) is 52.4 Å². The number of nitrogens with zero attached hydrogens (tertiary/aromatic N) is 10. The van der Waals surface area contributed by atoms with E-state index in [-0.39, 0.29) is 0 Å². The lowest BCUT2D eigenvalue weighted by atomic mass is 10.1. The summed E-state index contributed by atoms with van der Waals surface area (Å²) in [4.78, 5) is 8.27. The lowest BCUT2D eigenvalue weighted by molar-refractivity contribution is -0.689. The van der Waals surface area contributed by atoms with Gasteiger partial charge in [0.25, 0.3) is 0 Å². The molecule has 0 spiro atoms. The molecule has 14 aromatic rings. The number of hydrogen-bond acceptors (Lipinski definition) is 2. The van der Waals surface area contributed by atoms with E-state index in [0.29, 0.717) is 0 Å². The van der Waals surface area contributed by atoms with Crippen molar-refractivity contribution < 1.29 is 36.5 Å². The number of hydrogen-bond donors (Lipinski definition) is 0. The highest BCUT2D eigenvalue weighted by molar-refractivity contribution is 5.64. The van der Waals surface area contributed by atoms with Gasteiger partial charge in [0.15, 0.2) is 152 Å². The molecule has 10 nitrogen and oxygen atoms in total. The van der Waals surface area contributed by atoms with Crippen LogP contribution in [-0.4, -0.2) is 9.97 Å². The van der Waals surface area contributed by atoms with Gasteiger partial charge >= 0.3 is 0 Å². The van der Waals surface area contributed by atoms with Crippen molar-refractivity contribution in [3.8, 4) is 55.6 Å². The third kappa shape index (κ3) is 15.1. The zero-order chi connectivity index (χ0) is 61.7. The molecule has 92 heavy (non-hydrogen) atoms. The molecule has 0 saturated heterocycles. The van der Waals surface area contributed by atoms with Crippen LogP contribution < -0.4 is 36.5 Å². The summed E-state index contributed by atoms with van der Waals surface area (Å²) in [6, 6.07) is 79.1. The molecule has 0 aliphatic heterocycles. The second-order valence-corrected chi connectivity index (χ2v) is 23.8. The van der Waals surface area contributed by atoms with Crippen LogP contribution in [0.25, 0.3) is 55.6 Å². The summed E-state index contributed by atoms with van der Waals surface area (Å²) in [6.07, 6.45) is 42.0. The van der Waals surface area contributed by atoms with Crippen molar-refractivity contribution in [2.75, 3.05) is 0 Å². The Bertz CT molecular complexity index is 4340.